The van der Waals surface area contributed by atoms with Crippen LogP contribution in [0.5, 0.6) is 5.88 Å². The van der Waals surface area contributed by atoms with Crippen LogP contribution in [0, 0.1) is 0 Å². The number of rotatable bonds is 2. The van der Waals surface area contributed by atoms with Crippen molar-refractivity contribution >= 4 is 21.8 Å². The molecule has 1 unspecified atom stereocenters. The van der Waals surface area contributed by atoms with Crippen LogP contribution in [-0.4, -0.2) is 23.5 Å². The number of hydrogen-bond donors (Lipinski definition) is 1. The van der Waals surface area contributed by atoms with Crippen LogP contribution in [0.2, 0.25) is 0 Å². The summed E-state index contributed by atoms with van der Waals surface area (Å²) >= 11 is 3.31. The molecule has 1 N–H and O–H groups in total. The van der Waals surface area contributed by atoms with Gasteiger partial charge in [0.15, 0.2) is 6.10 Å². The molecule has 0 aromatic carbocycles. The Hall–Kier alpha value is -1.10. The van der Waals surface area contributed by atoms with Gasteiger partial charge in [0.2, 0.25) is 5.88 Å². The summed E-state index contributed by atoms with van der Waals surface area (Å²) in [4.78, 5) is 15.2. The number of carbonyl (C=O) groups excluding carboxylic acids is 1. The Balaban J connectivity index is 2.07. The Kier molecular flexibility index (Phi) is 2.67. The van der Waals surface area contributed by atoms with Crippen LogP contribution in [0.3, 0.4) is 0 Å². The molecule has 74 valence electrons. The molecule has 1 fully saturated rings. The average Bonchev–Trinajstić information content (AvgIpc) is 2.52. The first-order valence-corrected chi connectivity index (χ1v) is 5.11. The van der Waals surface area contributed by atoms with Crippen molar-refractivity contribution in [3.8, 4) is 5.88 Å². The summed E-state index contributed by atoms with van der Waals surface area (Å²) in [7, 11) is 0. The van der Waals surface area contributed by atoms with Gasteiger partial charge in [-0.15, -0.1) is 0 Å². The van der Waals surface area contributed by atoms with Crippen LogP contribution in [0.25, 0.3) is 0 Å². The maximum atomic E-state index is 11.2. The Labute approximate surface area is 89.8 Å². The van der Waals surface area contributed by atoms with Crippen molar-refractivity contribution in [2.45, 2.75) is 12.5 Å². The minimum atomic E-state index is -0.392. The first kappa shape index (κ1) is 9.45. The lowest BCUT2D eigenvalue weighted by Crippen LogP contribution is -2.27. The Morgan fingerprint density at radius 3 is 3.14 bits per heavy atom. The van der Waals surface area contributed by atoms with Gasteiger partial charge in [-0.25, -0.2) is 4.98 Å². The minimum Gasteiger partial charge on any atom is -0.464 e. The predicted molar refractivity (Wildman–Crippen MR) is 54.0 cm³/mol. The molecule has 0 spiro atoms. The van der Waals surface area contributed by atoms with Gasteiger partial charge in [0.05, 0.1) is 0 Å². The van der Waals surface area contributed by atoms with Gasteiger partial charge in [0.25, 0.3) is 5.91 Å². The quantitative estimate of drug-likeness (QED) is 0.863. The van der Waals surface area contributed by atoms with E-state index in [-0.39, 0.29) is 5.91 Å². The summed E-state index contributed by atoms with van der Waals surface area (Å²) in [6.07, 6.45) is 1.94. The monoisotopic (exact) mass is 256 g/mol. The van der Waals surface area contributed by atoms with Gasteiger partial charge in [-0.3, -0.25) is 4.79 Å². The number of ether oxygens (including phenoxy) is 1. The van der Waals surface area contributed by atoms with Crippen molar-refractivity contribution in [2.24, 2.45) is 0 Å². The second-order valence-electron chi connectivity index (χ2n) is 3.00. The highest BCUT2D eigenvalue weighted by atomic mass is 79.9. The molecule has 1 aliphatic heterocycles. The fraction of sp³-hybridized carbons (Fsp3) is 0.333. The molecule has 1 aromatic heterocycles. The Bertz CT molecular complexity index is 356. The van der Waals surface area contributed by atoms with Gasteiger partial charge in [0.1, 0.15) is 0 Å². The molecule has 1 aromatic rings. The molecule has 1 saturated heterocycles. The van der Waals surface area contributed by atoms with E-state index in [1.54, 1.807) is 12.3 Å². The maximum absolute atomic E-state index is 11.2. The van der Waals surface area contributed by atoms with Crippen molar-refractivity contribution in [3.05, 3.63) is 22.8 Å². The van der Waals surface area contributed by atoms with E-state index < -0.39 is 6.10 Å². The second kappa shape index (κ2) is 3.96. The summed E-state index contributed by atoms with van der Waals surface area (Å²) in [6.45, 7) is 0.678. The zero-order valence-corrected chi connectivity index (χ0v) is 8.95. The fourth-order valence-corrected chi connectivity index (χ4v) is 1.59. The van der Waals surface area contributed by atoms with Crippen molar-refractivity contribution in [1.82, 2.24) is 10.3 Å². The normalized spacial score (nSPS) is 20.6. The van der Waals surface area contributed by atoms with E-state index >= 15 is 0 Å². The molecule has 0 radical (unpaired) electrons. The lowest BCUT2D eigenvalue weighted by Gasteiger charge is -2.09. The molecule has 0 aliphatic carbocycles. The van der Waals surface area contributed by atoms with Crippen LogP contribution in [-0.2, 0) is 4.79 Å². The Morgan fingerprint density at radius 1 is 1.64 bits per heavy atom. The smallest absolute Gasteiger partial charge is 0.261 e. The molecule has 1 aliphatic rings. The van der Waals surface area contributed by atoms with Gasteiger partial charge in [-0.1, -0.05) is 15.9 Å². The molecule has 4 nitrogen and oxygen atoms in total. The third kappa shape index (κ3) is 2.04. The highest BCUT2D eigenvalue weighted by molar-refractivity contribution is 9.10. The molecular weight excluding hydrogens is 248 g/mol. The summed E-state index contributed by atoms with van der Waals surface area (Å²) < 4.78 is 6.30. The molecular formula is C9H9BrN2O2. The molecule has 1 atom stereocenters. The molecule has 1 amide bonds. The average molecular weight is 257 g/mol. The van der Waals surface area contributed by atoms with Gasteiger partial charge in [-0.2, -0.15) is 0 Å². The highest BCUT2D eigenvalue weighted by Gasteiger charge is 2.26. The van der Waals surface area contributed by atoms with Crippen molar-refractivity contribution < 1.29 is 9.53 Å². The standard InChI is InChI=1S/C9H9BrN2O2/c10-6-1-3-11-8(5-6)14-7-2-4-12-9(7)13/h1,3,5,7H,2,4H2,(H,12,13). The SMILES string of the molecule is O=C1NCCC1Oc1cc(Br)ccn1. The largest absolute Gasteiger partial charge is 0.464 e. The molecule has 0 saturated carbocycles. The number of nitrogens with zero attached hydrogens (tertiary/aromatic N) is 1. The first-order chi connectivity index (χ1) is 6.75. The van der Waals surface area contributed by atoms with E-state index in [0.717, 1.165) is 4.47 Å². The van der Waals surface area contributed by atoms with E-state index in [1.807, 2.05) is 6.07 Å². The molecule has 14 heavy (non-hydrogen) atoms. The van der Waals surface area contributed by atoms with Crippen LogP contribution in [0.4, 0.5) is 0 Å². The lowest BCUT2D eigenvalue weighted by atomic mass is 10.3. The third-order valence-corrected chi connectivity index (χ3v) is 2.45. The third-order valence-electron chi connectivity index (χ3n) is 1.96. The van der Waals surface area contributed by atoms with E-state index in [2.05, 4.69) is 26.2 Å². The number of halogens is 1. The second-order valence-corrected chi connectivity index (χ2v) is 3.91. The molecule has 2 rings (SSSR count). The maximum Gasteiger partial charge on any atom is 0.261 e. The van der Waals surface area contributed by atoms with Gasteiger partial charge >= 0.3 is 0 Å². The first-order valence-electron chi connectivity index (χ1n) is 4.31. The number of hydrogen-bond acceptors (Lipinski definition) is 3. The summed E-state index contributed by atoms with van der Waals surface area (Å²) in [5, 5.41) is 2.70. The topological polar surface area (TPSA) is 51.2 Å². The van der Waals surface area contributed by atoms with Crippen LogP contribution >= 0.6 is 15.9 Å². The van der Waals surface area contributed by atoms with Crippen LogP contribution in [0.15, 0.2) is 22.8 Å². The minimum absolute atomic E-state index is 0.0632. The summed E-state index contributed by atoms with van der Waals surface area (Å²) in [5.74, 6) is 0.410. The van der Waals surface area contributed by atoms with Gasteiger partial charge < -0.3 is 10.1 Å². The van der Waals surface area contributed by atoms with E-state index in [0.29, 0.717) is 18.8 Å². The molecule has 5 heteroatoms. The van der Waals surface area contributed by atoms with Crippen LogP contribution < -0.4 is 10.1 Å². The zero-order valence-electron chi connectivity index (χ0n) is 7.37. The van der Waals surface area contributed by atoms with Crippen molar-refractivity contribution in [3.63, 3.8) is 0 Å². The van der Waals surface area contributed by atoms with Crippen LogP contribution in [0.1, 0.15) is 6.42 Å². The highest BCUT2D eigenvalue weighted by Crippen LogP contribution is 2.17. The van der Waals surface area contributed by atoms with Gasteiger partial charge in [0, 0.05) is 29.7 Å². The molecule has 2 heterocycles. The van der Waals surface area contributed by atoms with Crippen molar-refractivity contribution in [1.29, 1.82) is 0 Å². The lowest BCUT2D eigenvalue weighted by molar-refractivity contribution is -0.125. The number of amides is 1. The summed E-state index contributed by atoms with van der Waals surface area (Å²) in [5.41, 5.74) is 0. The summed E-state index contributed by atoms with van der Waals surface area (Å²) in [6, 6.07) is 3.55. The number of pyridine rings is 1. The van der Waals surface area contributed by atoms with Crippen molar-refractivity contribution in [2.75, 3.05) is 6.54 Å². The predicted octanol–water partition coefficient (Wildman–Crippen LogP) is 1.11. The molecule has 0 bridgehead atoms. The van der Waals surface area contributed by atoms with Gasteiger partial charge in [-0.05, 0) is 6.07 Å². The fourth-order valence-electron chi connectivity index (χ4n) is 1.28. The zero-order chi connectivity index (χ0) is 9.97. The van der Waals surface area contributed by atoms with E-state index in [1.165, 1.54) is 0 Å². The van der Waals surface area contributed by atoms with E-state index in [9.17, 15) is 4.79 Å². The van der Waals surface area contributed by atoms with E-state index in [4.69, 9.17) is 4.74 Å². The Morgan fingerprint density at radius 2 is 2.50 bits per heavy atom. The number of aromatic nitrogens is 1. The number of nitrogens with one attached hydrogen (secondary N) is 1. The number of carbonyl (C=O) groups is 1.